The summed E-state index contributed by atoms with van der Waals surface area (Å²) in [5.74, 6) is -0.720. The number of hydrogen-bond acceptors (Lipinski definition) is 6. The molecule has 0 fully saturated rings. The standard InChI is InChI=1S/C12H9N3O5/c16-10-6-8(15(18)19)7-13-12(10)14-11(17)4-3-9-2-1-5-20-9/h1-7,16H,(H,13,14,17)/b4-3+. The first-order valence-electron chi connectivity index (χ1n) is 5.42. The van der Waals surface area contributed by atoms with E-state index in [-0.39, 0.29) is 11.5 Å². The zero-order chi connectivity index (χ0) is 14.5. The molecule has 0 radical (unpaired) electrons. The van der Waals surface area contributed by atoms with Crippen LogP contribution in [-0.2, 0) is 4.79 Å². The summed E-state index contributed by atoms with van der Waals surface area (Å²) >= 11 is 0. The molecular weight excluding hydrogens is 266 g/mol. The first-order valence-corrected chi connectivity index (χ1v) is 5.42. The molecule has 2 rings (SSSR count). The Bertz CT molecular complexity index is 664. The molecule has 0 spiro atoms. The van der Waals surface area contributed by atoms with Crippen LogP contribution in [-0.4, -0.2) is 20.9 Å². The Morgan fingerprint density at radius 2 is 2.35 bits per heavy atom. The van der Waals surface area contributed by atoms with Gasteiger partial charge in [0.1, 0.15) is 12.0 Å². The zero-order valence-electron chi connectivity index (χ0n) is 10.0. The van der Waals surface area contributed by atoms with Gasteiger partial charge >= 0.3 is 0 Å². The minimum atomic E-state index is -0.699. The summed E-state index contributed by atoms with van der Waals surface area (Å²) in [4.78, 5) is 24.9. The van der Waals surface area contributed by atoms with Gasteiger partial charge in [0.25, 0.3) is 5.69 Å². The third-order valence-corrected chi connectivity index (χ3v) is 2.25. The molecule has 0 aliphatic heterocycles. The van der Waals surface area contributed by atoms with E-state index in [9.17, 15) is 20.0 Å². The second kappa shape index (κ2) is 5.65. The van der Waals surface area contributed by atoms with Crippen molar-refractivity contribution in [3.8, 4) is 5.75 Å². The van der Waals surface area contributed by atoms with Crippen molar-refractivity contribution in [1.82, 2.24) is 4.98 Å². The maximum atomic E-state index is 11.6. The van der Waals surface area contributed by atoms with E-state index in [4.69, 9.17) is 4.42 Å². The van der Waals surface area contributed by atoms with Crippen LogP contribution in [0.15, 0.2) is 41.2 Å². The van der Waals surface area contributed by atoms with Gasteiger partial charge in [0.2, 0.25) is 5.91 Å². The van der Waals surface area contributed by atoms with Gasteiger partial charge in [-0.25, -0.2) is 4.98 Å². The van der Waals surface area contributed by atoms with Crippen molar-refractivity contribution in [2.45, 2.75) is 0 Å². The van der Waals surface area contributed by atoms with Crippen molar-refractivity contribution < 1.29 is 19.2 Å². The highest BCUT2D eigenvalue weighted by Gasteiger charge is 2.12. The van der Waals surface area contributed by atoms with Gasteiger partial charge in [-0.1, -0.05) is 0 Å². The van der Waals surface area contributed by atoms with Gasteiger partial charge in [0, 0.05) is 6.08 Å². The van der Waals surface area contributed by atoms with Gasteiger partial charge in [-0.2, -0.15) is 0 Å². The fourth-order valence-corrected chi connectivity index (χ4v) is 1.34. The number of furan rings is 1. The molecule has 102 valence electrons. The number of amides is 1. The molecule has 0 aliphatic carbocycles. The molecule has 0 bridgehead atoms. The van der Waals surface area contributed by atoms with Crippen molar-refractivity contribution in [3.63, 3.8) is 0 Å². The first-order chi connectivity index (χ1) is 9.56. The summed E-state index contributed by atoms with van der Waals surface area (Å²) in [5, 5.41) is 22.3. The van der Waals surface area contributed by atoms with E-state index in [0.29, 0.717) is 5.76 Å². The molecule has 2 heterocycles. The van der Waals surface area contributed by atoms with E-state index in [1.807, 2.05) is 0 Å². The molecule has 0 saturated carbocycles. The summed E-state index contributed by atoms with van der Waals surface area (Å²) in [7, 11) is 0. The minimum Gasteiger partial charge on any atom is -0.504 e. The Balaban J connectivity index is 2.06. The SMILES string of the molecule is O=C(/C=C/c1ccco1)Nc1ncc([N+](=O)[O-])cc1O. The number of nitrogens with one attached hydrogen (secondary N) is 1. The fraction of sp³-hybridized carbons (Fsp3) is 0. The number of nitro groups is 1. The Hall–Kier alpha value is -3.16. The smallest absolute Gasteiger partial charge is 0.291 e. The van der Waals surface area contributed by atoms with Crippen LogP contribution in [0.5, 0.6) is 5.75 Å². The summed E-state index contributed by atoms with van der Waals surface area (Å²) in [6.45, 7) is 0. The topological polar surface area (TPSA) is 119 Å². The number of pyridine rings is 1. The lowest BCUT2D eigenvalue weighted by atomic mass is 10.3. The molecule has 2 aromatic heterocycles. The highest BCUT2D eigenvalue weighted by atomic mass is 16.6. The van der Waals surface area contributed by atoms with Gasteiger partial charge < -0.3 is 14.8 Å². The van der Waals surface area contributed by atoms with E-state index in [0.717, 1.165) is 12.3 Å². The van der Waals surface area contributed by atoms with E-state index in [2.05, 4.69) is 10.3 Å². The third kappa shape index (κ3) is 3.19. The van der Waals surface area contributed by atoms with Crippen molar-refractivity contribution in [3.05, 3.63) is 52.6 Å². The minimum absolute atomic E-state index is 0.162. The number of nitrogens with zero attached hydrogens (tertiary/aromatic N) is 2. The Morgan fingerprint density at radius 3 is 2.95 bits per heavy atom. The zero-order valence-corrected chi connectivity index (χ0v) is 10.0. The lowest BCUT2D eigenvalue weighted by Gasteiger charge is -2.03. The molecule has 0 unspecified atom stereocenters. The van der Waals surface area contributed by atoms with Crippen LogP contribution < -0.4 is 5.32 Å². The normalized spacial score (nSPS) is 10.6. The van der Waals surface area contributed by atoms with Crippen molar-refractivity contribution >= 4 is 23.5 Å². The van der Waals surface area contributed by atoms with Crippen molar-refractivity contribution in [1.29, 1.82) is 0 Å². The molecule has 2 N–H and O–H groups in total. The van der Waals surface area contributed by atoms with E-state index >= 15 is 0 Å². The van der Waals surface area contributed by atoms with Crippen LogP contribution in [0.2, 0.25) is 0 Å². The lowest BCUT2D eigenvalue weighted by molar-refractivity contribution is -0.385. The van der Waals surface area contributed by atoms with Crippen molar-refractivity contribution in [2.24, 2.45) is 0 Å². The lowest BCUT2D eigenvalue weighted by Crippen LogP contribution is -2.09. The maximum absolute atomic E-state index is 11.6. The van der Waals surface area contributed by atoms with Crippen LogP contribution in [0, 0.1) is 10.1 Å². The molecule has 20 heavy (non-hydrogen) atoms. The van der Waals surface area contributed by atoms with E-state index in [1.165, 1.54) is 18.4 Å². The fourth-order valence-electron chi connectivity index (χ4n) is 1.34. The predicted octanol–water partition coefficient (Wildman–Crippen LogP) is 1.94. The first kappa shape index (κ1) is 13.3. The predicted molar refractivity (Wildman–Crippen MR) is 68.9 cm³/mol. The van der Waals surface area contributed by atoms with E-state index in [1.54, 1.807) is 12.1 Å². The monoisotopic (exact) mass is 275 g/mol. The number of aromatic nitrogens is 1. The van der Waals surface area contributed by atoms with Gasteiger partial charge in [0.05, 0.1) is 17.3 Å². The van der Waals surface area contributed by atoms with Gasteiger partial charge in [-0.3, -0.25) is 14.9 Å². The Labute approximate surface area is 112 Å². The Kier molecular flexibility index (Phi) is 3.75. The highest BCUT2D eigenvalue weighted by molar-refractivity contribution is 6.01. The van der Waals surface area contributed by atoms with E-state index < -0.39 is 16.6 Å². The number of carbonyl (C=O) groups excluding carboxylic acids is 1. The second-order valence-electron chi connectivity index (χ2n) is 3.66. The molecule has 8 heteroatoms. The summed E-state index contributed by atoms with van der Waals surface area (Å²) in [5.41, 5.74) is -0.369. The summed E-state index contributed by atoms with van der Waals surface area (Å²) in [6.07, 6.45) is 5.01. The van der Waals surface area contributed by atoms with Crippen LogP contribution in [0.4, 0.5) is 11.5 Å². The summed E-state index contributed by atoms with van der Waals surface area (Å²) < 4.78 is 4.99. The average molecular weight is 275 g/mol. The van der Waals surface area contributed by atoms with Gasteiger partial charge in [-0.15, -0.1) is 0 Å². The number of anilines is 1. The van der Waals surface area contributed by atoms with Gasteiger partial charge in [-0.05, 0) is 18.2 Å². The molecule has 0 saturated heterocycles. The largest absolute Gasteiger partial charge is 0.504 e. The van der Waals surface area contributed by atoms with Crippen LogP contribution in [0.1, 0.15) is 5.76 Å². The second-order valence-corrected chi connectivity index (χ2v) is 3.66. The van der Waals surface area contributed by atoms with Crippen LogP contribution in [0.3, 0.4) is 0 Å². The third-order valence-electron chi connectivity index (χ3n) is 2.25. The molecular formula is C12H9N3O5. The molecule has 2 aromatic rings. The number of carbonyl (C=O) groups is 1. The highest BCUT2D eigenvalue weighted by Crippen LogP contribution is 2.24. The van der Waals surface area contributed by atoms with Crippen LogP contribution >= 0.6 is 0 Å². The molecule has 1 amide bonds. The van der Waals surface area contributed by atoms with Crippen LogP contribution in [0.25, 0.3) is 6.08 Å². The molecule has 0 aromatic carbocycles. The quantitative estimate of drug-likeness (QED) is 0.500. The molecule has 0 aliphatic rings. The summed E-state index contributed by atoms with van der Waals surface area (Å²) in [6, 6.07) is 4.23. The number of rotatable bonds is 4. The number of aromatic hydroxyl groups is 1. The number of hydrogen-bond donors (Lipinski definition) is 2. The molecule has 0 atom stereocenters. The Morgan fingerprint density at radius 1 is 1.55 bits per heavy atom. The molecule has 8 nitrogen and oxygen atoms in total. The van der Waals surface area contributed by atoms with Crippen molar-refractivity contribution in [2.75, 3.05) is 5.32 Å². The maximum Gasteiger partial charge on any atom is 0.291 e. The average Bonchev–Trinajstić information content (AvgIpc) is 2.91. The van der Waals surface area contributed by atoms with Gasteiger partial charge in [0.15, 0.2) is 11.6 Å².